The molecule has 5 nitrogen and oxygen atoms in total. The number of ether oxygens (including phenoxy) is 1. The van der Waals surface area contributed by atoms with Gasteiger partial charge < -0.3 is 20.1 Å². The number of benzene rings is 1. The van der Waals surface area contributed by atoms with Crippen molar-refractivity contribution in [1.29, 1.82) is 0 Å². The van der Waals surface area contributed by atoms with Crippen molar-refractivity contribution in [2.45, 2.75) is 20.0 Å². The maximum atomic E-state index is 12.0. The van der Waals surface area contributed by atoms with Gasteiger partial charge in [-0.05, 0) is 25.0 Å². The highest BCUT2D eigenvalue weighted by Crippen LogP contribution is 2.19. The number of rotatable bonds is 5. The topological polar surface area (TPSA) is 61.8 Å². The van der Waals surface area contributed by atoms with E-state index in [0.29, 0.717) is 0 Å². The van der Waals surface area contributed by atoms with Gasteiger partial charge in [0.1, 0.15) is 0 Å². The molecule has 1 aromatic carbocycles. The molecule has 1 atom stereocenters. The van der Waals surface area contributed by atoms with Gasteiger partial charge >= 0.3 is 6.03 Å². The van der Waals surface area contributed by atoms with Crippen molar-refractivity contribution >= 4 is 11.7 Å². The first-order chi connectivity index (χ1) is 8.95. The number of likely N-dealkylation sites (N-methyl/N-ethyl adjacent to an activating group) is 1. The van der Waals surface area contributed by atoms with Gasteiger partial charge in [0.2, 0.25) is 0 Å². The zero-order chi connectivity index (χ0) is 14.4. The van der Waals surface area contributed by atoms with Crippen molar-refractivity contribution in [2.75, 3.05) is 32.6 Å². The van der Waals surface area contributed by atoms with Gasteiger partial charge in [0.05, 0.1) is 19.3 Å². The predicted molar refractivity (Wildman–Crippen MR) is 75.4 cm³/mol. The molecule has 19 heavy (non-hydrogen) atoms. The van der Waals surface area contributed by atoms with Crippen molar-refractivity contribution in [2.24, 2.45) is 0 Å². The van der Waals surface area contributed by atoms with Gasteiger partial charge in [0, 0.05) is 19.8 Å². The maximum absolute atomic E-state index is 12.0. The average Bonchev–Trinajstić information content (AvgIpc) is 2.34. The number of aliphatic hydroxyl groups is 1. The summed E-state index contributed by atoms with van der Waals surface area (Å²) in [7, 11) is 3.15. The number of anilines is 1. The molecule has 0 aliphatic heterocycles. The smallest absolute Gasteiger partial charge is 0.321 e. The van der Waals surface area contributed by atoms with Crippen LogP contribution in [0.4, 0.5) is 10.5 Å². The molecule has 1 rings (SSSR count). The Hall–Kier alpha value is -1.59. The molecule has 0 heterocycles. The van der Waals surface area contributed by atoms with E-state index in [2.05, 4.69) is 5.32 Å². The number of nitrogens with zero attached hydrogens (tertiary/aromatic N) is 1. The molecule has 106 valence electrons. The summed E-state index contributed by atoms with van der Waals surface area (Å²) < 4.78 is 4.83. The molecule has 0 aliphatic rings. The van der Waals surface area contributed by atoms with Crippen molar-refractivity contribution < 1.29 is 14.6 Å². The number of aryl methyl sites for hydroxylation is 2. The van der Waals surface area contributed by atoms with Crippen LogP contribution in [0, 0.1) is 13.8 Å². The first-order valence-corrected chi connectivity index (χ1v) is 6.21. The summed E-state index contributed by atoms with van der Waals surface area (Å²) in [6, 6.07) is 5.60. The van der Waals surface area contributed by atoms with Crippen LogP contribution >= 0.6 is 0 Å². The molecule has 0 saturated heterocycles. The highest BCUT2D eigenvalue weighted by Gasteiger charge is 2.15. The molecule has 0 spiro atoms. The molecule has 5 heteroatoms. The van der Waals surface area contributed by atoms with Gasteiger partial charge in [0.25, 0.3) is 0 Å². The Morgan fingerprint density at radius 2 is 2.00 bits per heavy atom. The lowest BCUT2D eigenvalue weighted by molar-refractivity contribution is 0.0501. The Morgan fingerprint density at radius 1 is 1.42 bits per heavy atom. The third kappa shape index (κ3) is 4.54. The van der Waals surface area contributed by atoms with Gasteiger partial charge in [-0.2, -0.15) is 0 Å². The van der Waals surface area contributed by atoms with E-state index in [1.807, 2.05) is 32.0 Å². The number of hydrogen-bond donors (Lipinski definition) is 2. The zero-order valence-electron chi connectivity index (χ0n) is 11.9. The lowest BCUT2D eigenvalue weighted by atomic mass is 10.1. The summed E-state index contributed by atoms with van der Waals surface area (Å²) in [5, 5.41) is 12.5. The fourth-order valence-electron chi connectivity index (χ4n) is 1.86. The van der Waals surface area contributed by atoms with E-state index in [1.165, 1.54) is 12.0 Å². The summed E-state index contributed by atoms with van der Waals surface area (Å²) >= 11 is 0. The van der Waals surface area contributed by atoms with Crippen molar-refractivity contribution in [1.82, 2.24) is 4.90 Å². The Morgan fingerprint density at radius 3 is 2.53 bits per heavy atom. The Bertz CT molecular complexity index is 414. The first kappa shape index (κ1) is 15.5. The van der Waals surface area contributed by atoms with Crippen LogP contribution in [0.25, 0.3) is 0 Å². The van der Waals surface area contributed by atoms with E-state index in [9.17, 15) is 9.90 Å². The number of methoxy groups -OCH3 is 1. The lowest BCUT2D eigenvalue weighted by Gasteiger charge is -2.22. The fourth-order valence-corrected chi connectivity index (χ4v) is 1.86. The van der Waals surface area contributed by atoms with Gasteiger partial charge in [0.15, 0.2) is 0 Å². The van der Waals surface area contributed by atoms with Gasteiger partial charge in [-0.25, -0.2) is 4.79 Å². The number of aliphatic hydroxyl groups excluding tert-OH is 1. The second kappa shape index (κ2) is 7.11. The van der Waals surface area contributed by atoms with E-state index in [0.717, 1.165) is 16.8 Å². The van der Waals surface area contributed by atoms with Crippen LogP contribution in [-0.4, -0.2) is 49.5 Å². The summed E-state index contributed by atoms with van der Waals surface area (Å²) in [6.45, 7) is 4.33. The Labute approximate surface area is 114 Å². The highest BCUT2D eigenvalue weighted by molar-refractivity contribution is 5.90. The van der Waals surface area contributed by atoms with Crippen LogP contribution in [0.5, 0.6) is 0 Å². The third-order valence-corrected chi connectivity index (χ3v) is 2.90. The largest absolute Gasteiger partial charge is 0.389 e. The van der Waals surface area contributed by atoms with Crippen LogP contribution in [0.1, 0.15) is 11.1 Å². The number of urea groups is 1. The monoisotopic (exact) mass is 266 g/mol. The van der Waals surface area contributed by atoms with E-state index in [-0.39, 0.29) is 19.2 Å². The van der Waals surface area contributed by atoms with Crippen molar-refractivity contribution in [3.05, 3.63) is 29.3 Å². The number of para-hydroxylation sites is 1. The molecule has 0 radical (unpaired) electrons. The molecule has 0 bridgehead atoms. The van der Waals surface area contributed by atoms with Gasteiger partial charge in [-0.15, -0.1) is 0 Å². The second-order valence-corrected chi connectivity index (χ2v) is 4.69. The molecule has 1 aromatic rings. The van der Waals surface area contributed by atoms with E-state index in [1.54, 1.807) is 7.05 Å². The quantitative estimate of drug-likeness (QED) is 0.854. The first-order valence-electron chi connectivity index (χ1n) is 6.21. The Balaban J connectivity index is 2.64. The summed E-state index contributed by atoms with van der Waals surface area (Å²) in [4.78, 5) is 13.5. The predicted octanol–water partition coefficient (Wildman–Crippen LogP) is 1.77. The van der Waals surface area contributed by atoms with Crippen LogP contribution < -0.4 is 5.32 Å². The van der Waals surface area contributed by atoms with Gasteiger partial charge in [-0.3, -0.25) is 0 Å². The SMILES string of the molecule is COCC(O)CN(C)C(=O)Nc1c(C)cccc1C. The van der Waals surface area contributed by atoms with E-state index < -0.39 is 6.10 Å². The minimum Gasteiger partial charge on any atom is -0.389 e. The summed E-state index contributed by atoms with van der Waals surface area (Å²) in [5.74, 6) is 0. The normalized spacial score (nSPS) is 12.1. The maximum Gasteiger partial charge on any atom is 0.321 e. The number of nitrogens with one attached hydrogen (secondary N) is 1. The molecule has 1 unspecified atom stereocenters. The molecular formula is C14H22N2O3. The number of hydrogen-bond acceptors (Lipinski definition) is 3. The minimum atomic E-state index is -0.682. The van der Waals surface area contributed by atoms with Crippen LogP contribution in [-0.2, 0) is 4.74 Å². The van der Waals surface area contributed by atoms with Crippen molar-refractivity contribution in [3.8, 4) is 0 Å². The zero-order valence-corrected chi connectivity index (χ0v) is 11.9. The van der Waals surface area contributed by atoms with Crippen LogP contribution in [0.15, 0.2) is 18.2 Å². The second-order valence-electron chi connectivity index (χ2n) is 4.69. The molecule has 0 saturated carbocycles. The van der Waals surface area contributed by atoms with Crippen molar-refractivity contribution in [3.63, 3.8) is 0 Å². The lowest BCUT2D eigenvalue weighted by Crippen LogP contribution is -2.39. The fraction of sp³-hybridized carbons (Fsp3) is 0.500. The molecule has 2 amide bonds. The molecule has 0 fully saturated rings. The number of carbonyl (C=O) groups excluding carboxylic acids is 1. The number of amides is 2. The summed E-state index contributed by atoms with van der Waals surface area (Å²) in [6.07, 6.45) is -0.682. The minimum absolute atomic E-state index is 0.209. The van der Waals surface area contributed by atoms with E-state index in [4.69, 9.17) is 4.74 Å². The molecule has 0 aliphatic carbocycles. The van der Waals surface area contributed by atoms with Gasteiger partial charge in [-0.1, -0.05) is 18.2 Å². The number of carbonyl (C=O) groups is 1. The van der Waals surface area contributed by atoms with E-state index >= 15 is 0 Å². The molecular weight excluding hydrogens is 244 g/mol. The Kier molecular flexibility index (Phi) is 5.79. The summed E-state index contributed by atoms with van der Waals surface area (Å²) in [5.41, 5.74) is 2.85. The van der Waals surface area contributed by atoms with Crippen LogP contribution in [0.3, 0.4) is 0 Å². The van der Waals surface area contributed by atoms with Crippen LogP contribution in [0.2, 0.25) is 0 Å². The molecule has 0 aromatic heterocycles. The standard InChI is InChI=1S/C14H22N2O3/c1-10-6-5-7-11(2)13(10)15-14(18)16(3)8-12(17)9-19-4/h5-7,12,17H,8-9H2,1-4H3,(H,15,18). The average molecular weight is 266 g/mol. The third-order valence-electron chi connectivity index (χ3n) is 2.90. The highest BCUT2D eigenvalue weighted by atomic mass is 16.5. The molecule has 2 N–H and O–H groups in total.